The fraction of sp³-hybridized carbons (Fsp3) is 0.500. The first kappa shape index (κ1) is 13.4. The Balaban J connectivity index is 2.34. The van der Waals surface area contributed by atoms with E-state index in [1.807, 2.05) is 0 Å². The molecule has 0 radical (unpaired) electrons. The van der Waals surface area contributed by atoms with E-state index < -0.39 is 0 Å². The van der Waals surface area contributed by atoms with Crippen molar-refractivity contribution < 1.29 is 9.18 Å². The lowest BCUT2D eigenvalue weighted by atomic mass is 9.92. The van der Waals surface area contributed by atoms with Gasteiger partial charge < -0.3 is 4.90 Å². The van der Waals surface area contributed by atoms with Crippen LogP contribution in [0.15, 0.2) is 18.2 Å². The van der Waals surface area contributed by atoms with E-state index in [2.05, 4.69) is 26.5 Å². The first-order valence-electron chi connectivity index (χ1n) is 6.13. The summed E-state index contributed by atoms with van der Waals surface area (Å²) in [5, 5.41) is 0. The van der Waals surface area contributed by atoms with Gasteiger partial charge in [0, 0.05) is 18.7 Å². The molecule has 0 saturated carbocycles. The molecule has 0 unspecified atom stereocenters. The molecule has 0 atom stereocenters. The van der Waals surface area contributed by atoms with Crippen LogP contribution in [0.1, 0.15) is 25.8 Å². The number of carbonyl (C=O) groups is 1. The quantitative estimate of drug-likeness (QED) is 0.835. The molecule has 0 bridgehead atoms. The van der Waals surface area contributed by atoms with Gasteiger partial charge in [0.1, 0.15) is 5.82 Å². The molecule has 1 aliphatic rings. The SMILES string of the molecule is CC(C)(CS)CN1C(=O)CCc2cc(F)ccc21. The maximum Gasteiger partial charge on any atom is 0.227 e. The fourth-order valence-electron chi connectivity index (χ4n) is 2.18. The van der Waals surface area contributed by atoms with Crippen LogP contribution in [0.3, 0.4) is 0 Å². The molecular formula is C14H18FNOS. The van der Waals surface area contributed by atoms with Crippen LogP contribution in [-0.4, -0.2) is 18.2 Å². The minimum atomic E-state index is -0.239. The van der Waals surface area contributed by atoms with Gasteiger partial charge in [-0.05, 0) is 41.4 Å². The summed E-state index contributed by atoms with van der Waals surface area (Å²) in [5.41, 5.74) is 1.72. The summed E-state index contributed by atoms with van der Waals surface area (Å²) in [6, 6.07) is 4.65. The van der Waals surface area contributed by atoms with Gasteiger partial charge in [0.25, 0.3) is 0 Å². The van der Waals surface area contributed by atoms with Crippen molar-refractivity contribution in [3.05, 3.63) is 29.6 Å². The van der Waals surface area contributed by atoms with E-state index in [9.17, 15) is 9.18 Å². The zero-order chi connectivity index (χ0) is 13.3. The standard InChI is InChI=1S/C14H18FNOS/c1-14(2,9-18)8-16-12-5-4-11(15)7-10(12)3-6-13(16)17/h4-5,7,18H,3,6,8-9H2,1-2H3. The van der Waals surface area contributed by atoms with Crippen LogP contribution in [0, 0.1) is 11.2 Å². The summed E-state index contributed by atoms with van der Waals surface area (Å²) in [5.74, 6) is 0.577. The molecule has 0 saturated heterocycles. The molecule has 0 spiro atoms. The van der Waals surface area contributed by atoms with Gasteiger partial charge in [-0.25, -0.2) is 4.39 Å². The minimum Gasteiger partial charge on any atom is -0.312 e. The molecule has 98 valence electrons. The van der Waals surface area contributed by atoms with E-state index in [1.165, 1.54) is 12.1 Å². The van der Waals surface area contributed by atoms with Crippen LogP contribution < -0.4 is 4.90 Å². The number of hydrogen-bond acceptors (Lipinski definition) is 2. The molecule has 1 heterocycles. The zero-order valence-electron chi connectivity index (χ0n) is 10.7. The van der Waals surface area contributed by atoms with Crippen LogP contribution >= 0.6 is 12.6 Å². The highest BCUT2D eigenvalue weighted by Crippen LogP contribution is 2.31. The van der Waals surface area contributed by atoms with E-state index in [0.29, 0.717) is 25.1 Å². The smallest absolute Gasteiger partial charge is 0.227 e. The Morgan fingerprint density at radius 3 is 2.78 bits per heavy atom. The van der Waals surface area contributed by atoms with Gasteiger partial charge in [-0.2, -0.15) is 12.6 Å². The van der Waals surface area contributed by atoms with Crippen LogP contribution in [0.2, 0.25) is 0 Å². The second-order valence-electron chi connectivity index (χ2n) is 5.58. The van der Waals surface area contributed by atoms with E-state index in [-0.39, 0.29) is 17.1 Å². The summed E-state index contributed by atoms with van der Waals surface area (Å²) in [6.07, 6.45) is 1.09. The van der Waals surface area contributed by atoms with Crippen LogP contribution in [0.25, 0.3) is 0 Å². The van der Waals surface area contributed by atoms with E-state index in [4.69, 9.17) is 0 Å². The Labute approximate surface area is 113 Å². The Morgan fingerprint density at radius 2 is 2.11 bits per heavy atom. The van der Waals surface area contributed by atoms with Gasteiger partial charge in [0.2, 0.25) is 5.91 Å². The fourth-order valence-corrected chi connectivity index (χ4v) is 2.28. The van der Waals surface area contributed by atoms with Gasteiger partial charge in [0.15, 0.2) is 0 Å². The predicted octanol–water partition coefficient (Wildman–Crippen LogP) is 3.06. The maximum atomic E-state index is 13.2. The van der Waals surface area contributed by atoms with E-state index in [1.54, 1.807) is 11.0 Å². The Morgan fingerprint density at radius 1 is 1.39 bits per heavy atom. The highest BCUT2D eigenvalue weighted by Gasteiger charge is 2.29. The molecule has 1 aliphatic heterocycles. The van der Waals surface area contributed by atoms with Crippen LogP contribution in [0.5, 0.6) is 0 Å². The molecule has 18 heavy (non-hydrogen) atoms. The first-order chi connectivity index (χ1) is 8.43. The van der Waals surface area contributed by atoms with Crippen molar-refractivity contribution in [2.75, 3.05) is 17.2 Å². The van der Waals surface area contributed by atoms with Crippen molar-refractivity contribution in [3.63, 3.8) is 0 Å². The summed E-state index contributed by atoms with van der Waals surface area (Å²) in [7, 11) is 0. The topological polar surface area (TPSA) is 20.3 Å². The second-order valence-corrected chi connectivity index (χ2v) is 5.89. The van der Waals surface area contributed by atoms with Crippen molar-refractivity contribution in [1.82, 2.24) is 0 Å². The number of amides is 1. The third-order valence-corrected chi connectivity index (χ3v) is 4.11. The number of benzene rings is 1. The molecule has 1 aromatic carbocycles. The van der Waals surface area contributed by atoms with Crippen LogP contribution in [-0.2, 0) is 11.2 Å². The van der Waals surface area contributed by atoms with Gasteiger partial charge in [-0.15, -0.1) is 0 Å². The third kappa shape index (κ3) is 2.69. The van der Waals surface area contributed by atoms with Gasteiger partial charge >= 0.3 is 0 Å². The van der Waals surface area contributed by atoms with Crippen molar-refractivity contribution in [2.45, 2.75) is 26.7 Å². The number of carbonyl (C=O) groups excluding carboxylic acids is 1. The number of aryl methyl sites for hydroxylation is 1. The number of fused-ring (bicyclic) bond motifs is 1. The monoisotopic (exact) mass is 267 g/mol. The summed E-state index contributed by atoms with van der Waals surface area (Å²) >= 11 is 4.32. The summed E-state index contributed by atoms with van der Waals surface area (Å²) in [6.45, 7) is 4.77. The Kier molecular flexibility index (Phi) is 3.66. The molecule has 1 aromatic rings. The average molecular weight is 267 g/mol. The first-order valence-corrected chi connectivity index (χ1v) is 6.76. The molecular weight excluding hydrogens is 249 g/mol. The lowest BCUT2D eigenvalue weighted by Crippen LogP contribution is -2.42. The maximum absolute atomic E-state index is 13.2. The Bertz CT molecular complexity index is 473. The summed E-state index contributed by atoms with van der Waals surface area (Å²) < 4.78 is 13.2. The number of hydrogen-bond donors (Lipinski definition) is 1. The number of anilines is 1. The Hall–Kier alpha value is -1.03. The molecule has 2 rings (SSSR count). The summed E-state index contributed by atoms with van der Waals surface area (Å²) in [4.78, 5) is 13.8. The van der Waals surface area contributed by atoms with E-state index in [0.717, 1.165) is 11.3 Å². The highest BCUT2D eigenvalue weighted by atomic mass is 32.1. The molecule has 2 nitrogen and oxygen atoms in total. The zero-order valence-corrected chi connectivity index (χ0v) is 11.6. The molecule has 1 amide bonds. The number of halogens is 1. The molecule has 0 aromatic heterocycles. The highest BCUT2D eigenvalue weighted by molar-refractivity contribution is 7.80. The van der Waals surface area contributed by atoms with E-state index >= 15 is 0 Å². The number of thiol groups is 1. The minimum absolute atomic E-state index is 0.0538. The predicted molar refractivity (Wildman–Crippen MR) is 74.7 cm³/mol. The lowest BCUT2D eigenvalue weighted by molar-refractivity contribution is -0.119. The number of nitrogens with zero attached hydrogens (tertiary/aromatic N) is 1. The van der Waals surface area contributed by atoms with Gasteiger partial charge in [0.05, 0.1) is 0 Å². The van der Waals surface area contributed by atoms with Crippen LogP contribution in [0.4, 0.5) is 10.1 Å². The van der Waals surface area contributed by atoms with Crippen molar-refractivity contribution in [2.24, 2.45) is 5.41 Å². The van der Waals surface area contributed by atoms with Gasteiger partial charge in [-0.3, -0.25) is 4.79 Å². The third-order valence-electron chi connectivity index (χ3n) is 3.26. The molecule has 0 fully saturated rings. The van der Waals surface area contributed by atoms with Gasteiger partial charge in [-0.1, -0.05) is 13.8 Å². The lowest BCUT2D eigenvalue weighted by Gasteiger charge is -2.35. The molecule has 0 aliphatic carbocycles. The van der Waals surface area contributed by atoms with Crippen molar-refractivity contribution in [3.8, 4) is 0 Å². The molecule has 0 N–H and O–H groups in total. The second kappa shape index (κ2) is 4.92. The largest absolute Gasteiger partial charge is 0.312 e. The normalized spacial score (nSPS) is 15.8. The van der Waals surface area contributed by atoms with Crippen molar-refractivity contribution in [1.29, 1.82) is 0 Å². The molecule has 4 heteroatoms. The number of rotatable bonds is 3. The van der Waals surface area contributed by atoms with Crippen molar-refractivity contribution >= 4 is 24.2 Å². The average Bonchev–Trinajstić information content (AvgIpc) is 2.33.